The zero-order chi connectivity index (χ0) is 62.8. The predicted molar refractivity (Wildman–Crippen MR) is 340 cm³/mol. The number of aliphatic hydroxyl groups excluding tert-OH is 15. The van der Waals surface area contributed by atoms with Crippen LogP contribution in [0, 0.1) is 0 Å². The van der Waals surface area contributed by atoms with Crippen molar-refractivity contribution in [3.8, 4) is 0 Å². The van der Waals surface area contributed by atoms with Crippen LogP contribution in [0.1, 0.15) is 0 Å². The van der Waals surface area contributed by atoms with Crippen LogP contribution in [0.15, 0.2) is 0 Å². The number of aliphatic hydroxyl groups is 15. The van der Waals surface area contributed by atoms with Crippen molar-refractivity contribution in [2.75, 3.05) is 37.6 Å². The van der Waals surface area contributed by atoms with Crippen LogP contribution in [-0.2, 0) is 80.5 Å². The molecule has 33 heterocycles. The Morgan fingerprint density at radius 1 is 0.195 bits per heavy atom. The fourth-order valence-corrected chi connectivity index (χ4v) is 17.1. The molecule has 39 heteroatoms. The topological polar surface area (TPSA) is 460 Å². The average Bonchev–Trinajstić information content (AvgIpc) is 1.93. The highest BCUT2D eigenvalue weighted by molar-refractivity contribution is 14.1. The molecule has 504 valence electrons. The Morgan fingerprint density at radius 3 is 0.552 bits per heavy atom. The number of hydrogen-bond donors (Lipinski definition) is 15. The van der Waals surface area contributed by atoms with Crippen molar-refractivity contribution in [1.82, 2.24) is 0 Å². The lowest BCUT2D eigenvalue weighted by atomic mass is 9.95. The van der Waals surface area contributed by atoms with Crippen molar-refractivity contribution in [1.29, 1.82) is 0 Å². The van der Waals surface area contributed by atoms with Gasteiger partial charge in [0.1, 0.15) is 153 Å². The van der Waals surface area contributed by atoms with Gasteiger partial charge in [0.15, 0.2) is 50.3 Å². The smallest absolute Gasteiger partial charge is 0.187 e. The van der Waals surface area contributed by atoms with Gasteiger partial charge < -0.3 is 157 Å². The lowest BCUT2D eigenvalue weighted by Crippen LogP contribution is -2.68. The number of halogens is 7. The van der Waals surface area contributed by atoms with Gasteiger partial charge in [-0.2, -0.15) is 0 Å². The van der Waals surface area contributed by atoms with Gasteiger partial charge in [-0.25, -0.2) is 0 Å². The molecule has 33 fully saturated rings. The van der Waals surface area contributed by atoms with Gasteiger partial charge >= 0.3 is 0 Å². The first-order valence-electron chi connectivity index (χ1n) is 27.7. The molecule has 15 N–H and O–H groups in total. The Hall–Kier alpha value is 3.83. The molecule has 18 bridgehead atoms. The molecule has 0 aliphatic carbocycles. The van der Waals surface area contributed by atoms with E-state index in [0.29, 0.717) is 0 Å². The van der Waals surface area contributed by atoms with Crippen molar-refractivity contribution in [2.45, 2.75) is 246 Å². The van der Waals surface area contributed by atoms with Gasteiger partial charge in [-0.05, 0) is 0 Å². The molecule has 0 aromatic rings. The maximum Gasteiger partial charge on any atom is 0.187 e. The second kappa shape index (κ2) is 32.0. The largest absolute Gasteiger partial charge is 0.387 e. The van der Waals surface area contributed by atoms with Crippen LogP contribution in [-0.4, -0.2) is 360 Å². The number of alkyl halides is 7. The van der Waals surface area contributed by atoms with Crippen LogP contribution >= 0.6 is 158 Å². The van der Waals surface area contributed by atoms with E-state index in [-0.39, 0.29) is 37.6 Å². The molecule has 0 aromatic carbocycles. The van der Waals surface area contributed by atoms with Crippen LogP contribution < -0.4 is 0 Å². The van der Waals surface area contributed by atoms with Gasteiger partial charge in [-0.1, -0.05) is 158 Å². The SMILES string of the molecule is OC1C2OC3O[C@@H](CI)[C@H](O[C@@H]4O[C@@H](CI)[C@H](OC5O[C@@H](CI)[C@H](O[C@@H]6O[C@@H](CI)[C@H](O[C@H]7O[C@H](CI)[C@@H](OC8OC9CO[C@@H](C9OC9O[C@H](CI)[C@@H](O[C@@H](O[C@@H]2CI)[C@@H]1O)C(O)[C@H]9O)[C@H]8O)C(O)[C@H]7O)[C@H](O)[C@@H]6O)C(O)[C@@H]5O)[C@H](O)[C@@H]4O)C(O)[C@@H]3O. The average molecular weight is 2050 g/mol. The lowest BCUT2D eigenvalue weighted by molar-refractivity contribution is -0.393. The van der Waals surface area contributed by atoms with E-state index in [4.69, 9.17) is 80.5 Å². The van der Waals surface area contributed by atoms with Crippen molar-refractivity contribution < 1.29 is 157 Å². The third kappa shape index (κ3) is 15.0. The van der Waals surface area contributed by atoms with Crippen LogP contribution in [0.4, 0.5) is 0 Å². The van der Waals surface area contributed by atoms with Crippen molar-refractivity contribution in [2.24, 2.45) is 0 Å². The van der Waals surface area contributed by atoms with E-state index < -0.39 is 246 Å². The summed E-state index contributed by atoms with van der Waals surface area (Å²) in [6.07, 6.45) is -62.3. The Balaban J connectivity index is 0.899. The molecule has 0 radical (unpaired) electrons. The third-order valence-electron chi connectivity index (χ3n) is 16.9. The molecule has 0 saturated carbocycles. The second-order valence-corrected chi connectivity index (χ2v) is 28.6. The first-order chi connectivity index (χ1) is 41.5. The molecule has 32 nitrogen and oxygen atoms in total. The highest BCUT2D eigenvalue weighted by atomic mass is 127. The van der Waals surface area contributed by atoms with Crippen LogP contribution in [0.25, 0.3) is 0 Å². The summed E-state index contributed by atoms with van der Waals surface area (Å²) in [7, 11) is 0. The maximum atomic E-state index is 11.7. The highest BCUT2D eigenvalue weighted by Gasteiger charge is 2.61. The van der Waals surface area contributed by atoms with Crippen LogP contribution in [0.2, 0.25) is 0 Å². The predicted octanol–water partition coefficient (Wildman–Crippen LogP) is -6.26. The Bertz CT molecular complexity index is 2170. The normalized spacial score (nSPS) is 56.3. The standard InChI is InChI=1S/C48H71I7O32/c49-1-9-32-17(56)24(63)41(72-9)81-33-10(2-50)74-43(26(65)19(33)58)83-35-12(4-52)76-45(28(67)21(35)60)85-37-14(6-54)78-47(30(69)23(37)62)87-39-16-8-71-40(39)31(70)48(79-16)86-38-15(7-55)77-46(29(68)22(38)61)84-36-13(5-53)75-44(27(66)20(36)59)82-34-11(3-51)73-42(80-32)25(64)18(34)57/h9-48,56-70H,1-8H2/t9-,10-,11-,12+,13-,14+,15+,16?,17+,18?,19?,20+,21?,22?,23?,24-,25-,26-,27-,28+,29+,30+,31+,32-,33-,34-,35?,36-,37+,38+,39?,40+,41-,42?,43?,44-,45+,46+,47?,48?/m0/s1. The minimum atomic E-state index is -1.93. The summed E-state index contributed by atoms with van der Waals surface area (Å²) in [5.41, 5.74) is 0. The molecule has 12 unspecified atom stereocenters. The van der Waals surface area contributed by atoms with Gasteiger partial charge in [0.25, 0.3) is 0 Å². The molecule has 40 atom stereocenters. The van der Waals surface area contributed by atoms with E-state index in [1.165, 1.54) is 0 Å². The summed E-state index contributed by atoms with van der Waals surface area (Å²) in [5.74, 6) is 0. The maximum absolute atomic E-state index is 11.7. The summed E-state index contributed by atoms with van der Waals surface area (Å²) < 4.78 is 104. The summed E-state index contributed by atoms with van der Waals surface area (Å²) >= 11 is 13.5. The fourth-order valence-electron chi connectivity index (χ4n) is 12.1. The van der Waals surface area contributed by atoms with E-state index in [1.807, 2.05) is 158 Å². The molecular formula is C48H71I7O32. The quantitative estimate of drug-likeness (QED) is 0.0833. The van der Waals surface area contributed by atoms with Gasteiger partial charge in [-0.3, -0.25) is 0 Å². The molecule has 33 rings (SSSR count). The highest BCUT2D eigenvalue weighted by Crippen LogP contribution is 2.42. The van der Waals surface area contributed by atoms with Crippen LogP contribution in [0.5, 0.6) is 0 Å². The van der Waals surface area contributed by atoms with Gasteiger partial charge in [-0.15, -0.1) is 0 Å². The van der Waals surface area contributed by atoms with E-state index in [1.54, 1.807) is 0 Å². The molecular weight excluding hydrogens is 1980 g/mol. The minimum absolute atomic E-state index is 0.0594. The van der Waals surface area contributed by atoms with Crippen LogP contribution in [0.3, 0.4) is 0 Å². The Labute approximate surface area is 592 Å². The summed E-state index contributed by atoms with van der Waals surface area (Å²) in [6.45, 7) is -0.155. The van der Waals surface area contributed by atoms with E-state index >= 15 is 0 Å². The first kappa shape index (κ1) is 73.5. The van der Waals surface area contributed by atoms with E-state index in [9.17, 15) is 76.6 Å². The Morgan fingerprint density at radius 2 is 0.368 bits per heavy atom. The number of rotatable bonds is 7. The third-order valence-corrected chi connectivity index (χ3v) is 23.0. The summed E-state index contributed by atoms with van der Waals surface area (Å²) in [6, 6.07) is 0. The monoisotopic (exact) mass is 2050 g/mol. The van der Waals surface area contributed by atoms with Gasteiger partial charge in [0, 0.05) is 31.0 Å². The molecule has 33 aliphatic rings. The van der Waals surface area contributed by atoms with Gasteiger partial charge in [0.05, 0.1) is 49.3 Å². The first-order valence-corrected chi connectivity index (χ1v) is 38.4. The zero-order valence-corrected chi connectivity index (χ0v) is 60.1. The molecule has 0 spiro atoms. The summed E-state index contributed by atoms with van der Waals surface area (Å²) in [5, 5.41) is 174. The van der Waals surface area contributed by atoms with E-state index in [2.05, 4.69) is 0 Å². The molecule has 33 aliphatic heterocycles. The van der Waals surface area contributed by atoms with E-state index in [0.717, 1.165) is 0 Å². The van der Waals surface area contributed by atoms with Gasteiger partial charge in [0.2, 0.25) is 0 Å². The molecule has 0 amide bonds. The van der Waals surface area contributed by atoms with Crippen molar-refractivity contribution in [3.05, 3.63) is 0 Å². The second-order valence-electron chi connectivity index (χ2n) is 22.4. The minimum Gasteiger partial charge on any atom is -0.387 e. The number of ether oxygens (including phenoxy) is 17. The zero-order valence-electron chi connectivity index (χ0n) is 45.0. The van der Waals surface area contributed by atoms with Crippen molar-refractivity contribution >= 4 is 158 Å². The molecule has 33 saturated heterocycles. The molecule has 87 heavy (non-hydrogen) atoms. The fraction of sp³-hybridized carbons (Fsp3) is 1.00. The Kier molecular flexibility index (Phi) is 27.1. The number of hydrogen-bond acceptors (Lipinski definition) is 32. The van der Waals surface area contributed by atoms with Crippen molar-refractivity contribution in [3.63, 3.8) is 0 Å². The molecule has 0 aromatic heterocycles. The lowest BCUT2D eigenvalue weighted by Gasteiger charge is -2.50. The summed E-state index contributed by atoms with van der Waals surface area (Å²) in [4.78, 5) is 0.